The molecule has 0 spiro atoms. The minimum Gasteiger partial charge on any atom is -0.497 e. The Hall–Kier alpha value is -2.08. The number of hydrogen-bond acceptors (Lipinski definition) is 4. The standard InChI is InChI=1S/C16H22N2O4/c1-11(10-21-2)18-9-12(8-15(18)19)16(20)17-13-4-6-14(22-3)7-5-13/h4-7,11-12H,8-10H2,1-3H3,(H,17,20)/t11-,12+/m0/s1. The number of benzene rings is 1. The Morgan fingerprint density at radius 3 is 2.64 bits per heavy atom. The lowest BCUT2D eigenvalue weighted by Gasteiger charge is -2.23. The van der Waals surface area contributed by atoms with Crippen LogP contribution in [0.4, 0.5) is 5.69 Å². The van der Waals surface area contributed by atoms with Crippen molar-refractivity contribution in [2.45, 2.75) is 19.4 Å². The van der Waals surface area contributed by atoms with E-state index in [1.165, 1.54) is 0 Å². The van der Waals surface area contributed by atoms with Gasteiger partial charge in [0.15, 0.2) is 0 Å². The lowest BCUT2D eigenvalue weighted by Crippen LogP contribution is -2.38. The molecule has 1 fully saturated rings. The normalized spacial score (nSPS) is 19.1. The van der Waals surface area contributed by atoms with Gasteiger partial charge in [0.1, 0.15) is 5.75 Å². The van der Waals surface area contributed by atoms with Gasteiger partial charge in [0, 0.05) is 25.8 Å². The fourth-order valence-corrected chi connectivity index (χ4v) is 2.58. The highest BCUT2D eigenvalue weighted by molar-refractivity contribution is 5.97. The van der Waals surface area contributed by atoms with Gasteiger partial charge in [0.25, 0.3) is 0 Å². The summed E-state index contributed by atoms with van der Waals surface area (Å²) in [6.45, 7) is 2.83. The zero-order valence-corrected chi connectivity index (χ0v) is 13.2. The molecule has 1 aliphatic rings. The van der Waals surface area contributed by atoms with Crippen LogP contribution in [0.3, 0.4) is 0 Å². The van der Waals surface area contributed by atoms with E-state index < -0.39 is 0 Å². The van der Waals surface area contributed by atoms with Crippen LogP contribution in [0.1, 0.15) is 13.3 Å². The first-order valence-corrected chi connectivity index (χ1v) is 7.28. The summed E-state index contributed by atoms with van der Waals surface area (Å²) in [6.07, 6.45) is 0.246. The number of hydrogen-bond donors (Lipinski definition) is 1. The van der Waals surface area contributed by atoms with Crippen LogP contribution in [-0.2, 0) is 14.3 Å². The second kappa shape index (κ2) is 7.26. The molecule has 1 N–H and O–H groups in total. The monoisotopic (exact) mass is 306 g/mol. The van der Waals surface area contributed by atoms with Crippen molar-refractivity contribution in [2.75, 3.05) is 32.7 Å². The molecule has 6 heteroatoms. The molecule has 2 atom stereocenters. The highest BCUT2D eigenvalue weighted by Gasteiger charge is 2.36. The average Bonchev–Trinajstić information content (AvgIpc) is 2.90. The molecule has 0 unspecified atom stereocenters. The molecule has 2 rings (SSSR count). The minimum absolute atomic E-state index is 0.000527. The maximum absolute atomic E-state index is 12.3. The molecule has 0 aromatic heterocycles. The van der Waals surface area contributed by atoms with E-state index in [4.69, 9.17) is 9.47 Å². The quantitative estimate of drug-likeness (QED) is 0.865. The fraction of sp³-hybridized carbons (Fsp3) is 0.500. The maximum atomic E-state index is 12.3. The number of likely N-dealkylation sites (tertiary alicyclic amines) is 1. The molecule has 2 amide bonds. The predicted octanol–water partition coefficient (Wildman–Crippen LogP) is 1.52. The minimum atomic E-state index is -0.325. The van der Waals surface area contributed by atoms with Crippen LogP contribution in [0.2, 0.25) is 0 Å². The van der Waals surface area contributed by atoms with Crippen molar-refractivity contribution < 1.29 is 19.1 Å². The highest BCUT2D eigenvalue weighted by atomic mass is 16.5. The van der Waals surface area contributed by atoms with Crippen LogP contribution in [0.25, 0.3) is 0 Å². The number of methoxy groups -OCH3 is 2. The van der Waals surface area contributed by atoms with E-state index >= 15 is 0 Å². The average molecular weight is 306 g/mol. The van der Waals surface area contributed by atoms with Crippen molar-refractivity contribution in [3.63, 3.8) is 0 Å². The van der Waals surface area contributed by atoms with Gasteiger partial charge in [0.05, 0.1) is 25.7 Å². The molecule has 0 saturated carbocycles. The van der Waals surface area contributed by atoms with E-state index in [1.807, 2.05) is 6.92 Å². The van der Waals surface area contributed by atoms with E-state index in [1.54, 1.807) is 43.4 Å². The fourth-order valence-electron chi connectivity index (χ4n) is 2.58. The third-order valence-electron chi connectivity index (χ3n) is 3.83. The summed E-state index contributed by atoms with van der Waals surface area (Å²) in [5, 5.41) is 2.84. The molecule has 0 radical (unpaired) electrons. The molecule has 0 bridgehead atoms. The molecular weight excluding hydrogens is 284 g/mol. The molecule has 0 aliphatic carbocycles. The second-order valence-electron chi connectivity index (χ2n) is 5.47. The van der Waals surface area contributed by atoms with Gasteiger partial charge in [-0.1, -0.05) is 0 Å². The Kier molecular flexibility index (Phi) is 5.38. The Morgan fingerprint density at radius 1 is 1.36 bits per heavy atom. The summed E-state index contributed by atoms with van der Waals surface area (Å²) in [5.74, 6) is 0.271. The first kappa shape index (κ1) is 16.3. The van der Waals surface area contributed by atoms with Crippen LogP contribution < -0.4 is 10.1 Å². The van der Waals surface area contributed by atoms with Gasteiger partial charge in [-0.05, 0) is 31.2 Å². The molecule has 120 valence electrons. The lowest BCUT2D eigenvalue weighted by molar-refractivity contribution is -0.130. The summed E-state index contributed by atoms with van der Waals surface area (Å²) in [6, 6.07) is 7.10. The third kappa shape index (κ3) is 3.76. The predicted molar refractivity (Wildman–Crippen MR) is 82.8 cm³/mol. The SMILES string of the molecule is COC[C@H](C)N1C[C@H](C(=O)Nc2ccc(OC)cc2)CC1=O. The number of carbonyl (C=O) groups excluding carboxylic acids is 2. The smallest absolute Gasteiger partial charge is 0.229 e. The van der Waals surface area contributed by atoms with Gasteiger partial charge >= 0.3 is 0 Å². The molecule has 6 nitrogen and oxygen atoms in total. The maximum Gasteiger partial charge on any atom is 0.229 e. The van der Waals surface area contributed by atoms with Gasteiger partial charge in [-0.25, -0.2) is 0 Å². The largest absolute Gasteiger partial charge is 0.497 e. The van der Waals surface area contributed by atoms with Crippen molar-refractivity contribution in [1.29, 1.82) is 0 Å². The molecule has 1 saturated heterocycles. The van der Waals surface area contributed by atoms with E-state index in [2.05, 4.69) is 5.32 Å². The van der Waals surface area contributed by atoms with Crippen molar-refractivity contribution >= 4 is 17.5 Å². The Morgan fingerprint density at radius 2 is 2.05 bits per heavy atom. The van der Waals surface area contributed by atoms with Gasteiger partial charge in [-0.15, -0.1) is 0 Å². The number of nitrogens with zero attached hydrogens (tertiary/aromatic N) is 1. The molecule has 1 heterocycles. The van der Waals surface area contributed by atoms with Crippen LogP contribution in [-0.4, -0.2) is 50.1 Å². The number of nitrogens with one attached hydrogen (secondary N) is 1. The molecule has 22 heavy (non-hydrogen) atoms. The molecular formula is C16H22N2O4. The molecule has 1 aliphatic heterocycles. The van der Waals surface area contributed by atoms with E-state index in [0.717, 1.165) is 5.75 Å². The number of rotatable bonds is 6. The Bertz CT molecular complexity index is 529. The summed E-state index contributed by atoms with van der Waals surface area (Å²) in [4.78, 5) is 26.0. The van der Waals surface area contributed by atoms with Gasteiger partial charge < -0.3 is 19.7 Å². The lowest BCUT2D eigenvalue weighted by atomic mass is 10.1. The van der Waals surface area contributed by atoms with E-state index in [9.17, 15) is 9.59 Å². The first-order chi connectivity index (χ1) is 10.5. The highest BCUT2D eigenvalue weighted by Crippen LogP contribution is 2.23. The zero-order valence-electron chi connectivity index (χ0n) is 13.2. The van der Waals surface area contributed by atoms with Crippen LogP contribution in [0, 0.1) is 5.92 Å². The summed E-state index contributed by atoms with van der Waals surface area (Å²) < 4.78 is 10.1. The summed E-state index contributed by atoms with van der Waals surface area (Å²) in [5.41, 5.74) is 0.696. The Labute approximate surface area is 130 Å². The van der Waals surface area contributed by atoms with E-state index in [-0.39, 0.29) is 30.2 Å². The van der Waals surface area contributed by atoms with Crippen LogP contribution in [0.15, 0.2) is 24.3 Å². The topological polar surface area (TPSA) is 67.9 Å². The van der Waals surface area contributed by atoms with Gasteiger partial charge in [0.2, 0.25) is 11.8 Å². The van der Waals surface area contributed by atoms with Gasteiger partial charge in [-0.2, -0.15) is 0 Å². The van der Waals surface area contributed by atoms with Crippen molar-refractivity contribution in [2.24, 2.45) is 5.92 Å². The van der Waals surface area contributed by atoms with Crippen molar-refractivity contribution in [1.82, 2.24) is 4.90 Å². The van der Waals surface area contributed by atoms with Gasteiger partial charge in [-0.3, -0.25) is 9.59 Å². The summed E-state index contributed by atoms with van der Waals surface area (Å²) >= 11 is 0. The summed E-state index contributed by atoms with van der Waals surface area (Å²) in [7, 11) is 3.19. The van der Waals surface area contributed by atoms with Crippen LogP contribution in [0.5, 0.6) is 5.75 Å². The molecule has 1 aromatic rings. The van der Waals surface area contributed by atoms with Crippen molar-refractivity contribution in [3.05, 3.63) is 24.3 Å². The number of amides is 2. The van der Waals surface area contributed by atoms with Crippen molar-refractivity contribution in [3.8, 4) is 5.75 Å². The zero-order chi connectivity index (χ0) is 16.1. The Balaban J connectivity index is 1.94. The van der Waals surface area contributed by atoms with Crippen LogP contribution >= 0.6 is 0 Å². The number of ether oxygens (including phenoxy) is 2. The second-order valence-corrected chi connectivity index (χ2v) is 5.47. The number of carbonyl (C=O) groups is 2. The molecule has 1 aromatic carbocycles. The third-order valence-corrected chi connectivity index (χ3v) is 3.83. The number of anilines is 1. The van der Waals surface area contributed by atoms with E-state index in [0.29, 0.717) is 18.8 Å². The first-order valence-electron chi connectivity index (χ1n) is 7.28.